The summed E-state index contributed by atoms with van der Waals surface area (Å²) in [5.41, 5.74) is 2.42. The zero-order valence-corrected chi connectivity index (χ0v) is 12.0. The maximum atomic E-state index is 9.44. The van der Waals surface area contributed by atoms with E-state index in [0.717, 1.165) is 16.1 Å². The van der Waals surface area contributed by atoms with E-state index < -0.39 is 0 Å². The van der Waals surface area contributed by atoms with Gasteiger partial charge in [-0.3, -0.25) is 0 Å². The lowest BCUT2D eigenvalue weighted by Crippen LogP contribution is -1.98. The molecule has 0 radical (unpaired) electrons. The number of nitriles is 1. The van der Waals surface area contributed by atoms with Crippen LogP contribution in [0.25, 0.3) is 10.6 Å². The molecule has 0 aliphatic carbocycles. The lowest BCUT2D eigenvalue weighted by atomic mass is 10.1. The van der Waals surface area contributed by atoms with Crippen molar-refractivity contribution in [3.8, 4) is 22.4 Å². The van der Waals surface area contributed by atoms with Crippen LogP contribution in [0.3, 0.4) is 0 Å². The number of aromatic nitrogens is 1. The maximum absolute atomic E-state index is 9.44. The Balaban J connectivity index is 1.89. The third-order valence-corrected chi connectivity index (χ3v) is 3.84. The van der Waals surface area contributed by atoms with Crippen LogP contribution in [-0.2, 0) is 6.61 Å². The molecule has 0 aliphatic rings. The van der Waals surface area contributed by atoms with E-state index in [-0.39, 0.29) is 0 Å². The smallest absolute Gasteiger partial charge is 0.138 e. The minimum absolute atomic E-state index is 0.441. The van der Waals surface area contributed by atoms with Crippen molar-refractivity contribution in [1.82, 2.24) is 4.98 Å². The van der Waals surface area contributed by atoms with Gasteiger partial charge in [-0.05, 0) is 11.6 Å². The van der Waals surface area contributed by atoms with Crippen LogP contribution in [0.4, 0.5) is 0 Å². The molecule has 0 atom stereocenters. The first-order valence-corrected chi connectivity index (χ1v) is 7.36. The number of thiazole rings is 1. The Morgan fingerprint density at radius 1 is 1.10 bits per heavy atom. The minimum Gasteiger partial charge on any atom is -0.487 e. The van der Waals surface area contributed by atoms with E-state index in [1.54, 1.807) is 6.20 Å². The molecule has 0 spiro atoms. The van der Waals surface area contributed by atoms with Gasteiger partial charge in [0.25, 0.3) is 0 Å². The Labute approximate surface area is 127 Å². The van der Waals surface area contributed by atoms with Crippen molar-refractivity contribution in [1.29, 1.82) is 5.26 Å². The number of benzene rings is 2. The topological polar surface area (TPSA) is 45.9 Å². The van der Waals surface area contributed by atoms with Crippen molar-refractivity contribution in [3.05, 3.63) is 71.2 Å². The Hall–Kier alpha value is -2.64. The lowest BCUT2D eigenvalue weighted by Gasteiger charge is -2.10. The van der Waals surface area contributed by atoms with Crippen LogP contribution < -0.4 is 4.74 Å². The first-order valence-electron chi connectivity index (χ1n) is 6.48. The normalized spacial score (nSPS) is 10.0. The zero-order chi connectivity index (χ0) is 14.5. The summed E-state index contributed by atoms with van der Waals surface area (Å²) in [6.07, 6.45) is 1.73. The fourth-order valence-corrected chi connectivity index (χ4v) is 2.71. The quantitative estimate of drug-likeness (QED) is 0.721. The van der Waals surface area contributed by atoms with Crippen LogP contribution in [0.2, 0.25) is 0 Å². The highest BCUT2D eigenvalue weighted by atomic mass is 32.1. The Kier molecular flexibility index (Phi) is 3.95. The fraction of sp³-hybridized carbons (Fsp3) is 0.0588. The monoisotopic (exact) mass is 292 g/mol. The molecule has 0 amide bonds. The first-order chi connectivity index (χ1) is 10.4. The molecule has 102 valence electrons. The molecule has 0 N–H and O–H groups in total. The second kappa shape index (κ2) is 6.21. The van der Waals surface area contributed by atoms with E-state index in [1.165, 1.54) is 11.3 Å². The summed E-state index contributed by atoms with van der Waals surface area (Å²) < 4.78 is 5.81. The summed E-state index contributed by atoms with van der Waals surface area (Å²) in [4.78, 5) is 4.27. The molecule has 21 heavy (non-hydrogen) atoms. The van der Waals surface area contributed by atoms with E-state index in [9.17, 15) is 5.26 Å². The van der Waals surface area contributed by atoms with E-state index in [2.05, 4.69) is 11.1 Å². The van der Waals surface area contributed by atoms with Crippen molar-refractivity contribution in [3.63, 3.8) is 0 Å². The molecule has 0 aliphatic heterocycles. The summed E-state index contributed by atoms with van der Waals surface area (Å²) in [6, 6.07) is 17.7. The van der Waals surface area contributed by atoms with Crippen LogP contribution in [-0.4, -0.2) is 4.98 Å². The molecule has 0 saturated heterocycles. The molecule has 0 bridgehead atoms. The van der Waals surface area contributed by atoms with Crippen LogP contribution in [0, 0.1) is 11.3 Å². The molecule has 0 unspecified atom stereocenters. The summed E-state index contributed by atoms with van der Waals surface area (Å²) in [6.45, 7) is 0.441. The van der Waals surface area contributed by atoms with Gasteiger partial charge >= 0.3 is 0 Å². The fourth-order valence-electron chi connectivity index (χ4n) is 2.04. The third kappa shape index (κ3) is 2.93. The number of rotatable bonds is 4. The Morgan fingerprint density at radius 3 is 2.67 bits per heavy atom. The molecular weight excluding hydrogens is 280 g/mol. The average molecular weight is 292 g/mol. The van der Waals surface area contributed by atoms with Crippen LogP contribution >= 0.6 is 11.3 Å². The molecule has 1 heterocycles. The minimum atomic E-state index is 0.441. The third-order valence-electron chi connectivity index (χ3n) is 3.04. The van der Waals surface area contributed by atoms with Crippen LogP contribution in [0.1, 0.15) is 11.1 Å². The second-order valence-electron chi connectivity index (χ2n) is 4.40. The van der Waals surface area contributed by atoms with E-state index in [0.29, 0.717) is 17.9 Å². The molecule has 0 saturated carbocycles. The lowest BCUT2D eigenvalue weighted by molar-refractivity contribution is 0.305. The predicted octanol–water partition coefficient (Wildman–Crippen LogP) is 4.26. The highest BCUT2D eigenvalue weighted by molar-refractivity contribution is 7.13. The molecule has 3 aromatic rings. The number of ether oxygens (including phenoxy) is 1. The van der Waals surface area contributed by atoms with Gasteiger partial charge in [0.15, 0.2) is 0 Å². The van der Waals surface area contributed by atoms with Gasteiger partial charge in [0.05, 0.1) is 0 Å². The number of nitrogens with zero attached hydrogens (tertiary/aromatic N) is 2. The van der Waals surface area contributed by atoms with E-state index >= 15 is 0 Å². The molecule has 0 fully saturated rings. The predicted molar refractivity (Wildman–Crippen MR) is 83.0 cm³/mol. The van der Waals surface area contributed by atoms with Gasteiger partial charge in [0, 0.05) is 17.1 Å². The zero-order valence-electron chi connectivity index (χ0n) is 11.2. The number of hydrogen-bond acceptors (Lipinski definition) is 4. The van der Waals surface area contributed by atoms with Gasteiger partial charge in [-0.25, -0.2) is 4.98 Å². The molecule has 3 rings (SSSR count). The van der Waals surface area contributed by atoms with Gasteiger partial charge in [-0.1, -0.05) is 42.5 Å². The largest absolute Gasteiger partial charge is 0.487 e. The van der Waals surface area contributed by atoms with Crippen molar-refractivity contribution in [2.45, 2.75) is 6.61 Å². The highest BCUT2D eigenvalue weighted by Crippen LogP contribution is 2.31. The molecule has 3 nitrogen and oxygen atoms in total. The Bertz CT molecular complexity index is 761. The van der Waals surface area contributed by atoms with Crippen molar-refractivity contribution in [2.24, 2.45) is 0 Å². The van der Waals surface area contributed by atoms with E-state index in [4.69, 9.17) is 4.74 Å². The standard InChI is InChI=1S/C17H12N2OS/c18-11-15-14(17-19-9-10-21-17)7-4-8-16(15)20-12-13-5-2-1-3-6-13/h1-10H,12H2. The van der Waals surface area contributed by atoms with Crippen LogP contribution in [0.5, 0.6) is 5.75 Å². The molecule has 4 heteroatoms. The Morgan fingerprint density at radius 2 is 1.95 bits per heavy atom. The van der Waals surface area contributed by atoms with Crippen molar-refractivity contribution < 1.29 is 4.74 Å². The first kappa shape index (κ1) is 13.3. The summed E-state index contributed by atoms with van der Waals surface area (Å²) >= 11 is 1.51. The SMILES string of the molecule is N#Cc1c(OCc2ccccc2)cccc1-c1nccs1. The van der Waals surface area contributed by atoms with Gasteiger partial charge in [0.1, 0.15) is 29.0 Å². The average Bonchev–Trinajstić information content (AvgIpc) is 3.07. The van der Waals surface area contributed by atoms with E-state index in [1.807, 2.05) is 53.9 Å². The second-order valence-corrected chi connectivity index (χ2v) is 5.30. The highest BCUT2D eigenvalue weighted by Gasteiger charge is 2.12. The van der Waals surface area contributed by atoms with Gasteiger partial charge in [-0.2, -0.15) is 5.26 Å². The summed E-state index contributed by atoms with van der Waals surface area (Å²) in [7, 11) is 0. The van der Waals surface area contributed by atoms with Gasteiger partial charge < -0.3 is 4.74 Å². The molecular formula is C17H12N2OS. The van der Waals surface area contributed by atoms with Crippen LogP contribution in [0.15, 0.2) is 60.1 Å². The summed E-state index contributed by atoms with van der Waals surface area (Å²) in [5, 5.41) is 12.2. The summed E-state index contributed by atoms with van der Waals surface area (Å²) in [5.74, 6) is 0.592. The van der Waals surface area contributed by atoms with Gasteiger partial charge in [0.2, 0.25) is 0 Å². The number of hydrogen-bond donors (Lipinski definition) is 0. The van der Waals surface area contributed by atoms with Gasteiger partial charge in [-0.15, -0.1) is 11.3 Å². The maximum Gasteiger partial charge on any atom is 0.138 e. The molecule has 1 aromatic heterocycles. The molecule has 2 aromatic carbocycles. The van der Waals surface area contributed by atoms with Crippen molar-refractivity contribution in [2.75, 3.05) is 0 Å². The van der Waals surface area contributed by atoms with Crippen molar-refractivity contribution >= 4 is 11.3 Å².